The number of carbonyl (C=O) groups excluding carboxylic acids is 1. The Labute approximate surface area is 125 Å². The fourth-order valence-corrected chi connectivity index (χ4v) is 2.56. The number of amides is 1. The normalized spacial score (nSPS) is 11.2. The minimum Gasteiger partial charge on any atom is -0.322 e. The standard InChI is InChI=1S/C13H10ClFN2O3S/c1-8-6-9(4-5-16-8)13(18)17-10-2-3-12(11(15)7-10)21(14,19)20/h2-7H,1H3,(H,17,18). The molecule has 0 spiro atoms. The molecule has 0 saturated carbocycles. The molecule has 110 valence electrons. The number of nitrogens with zero attached hydrogens (tertiary/aromatic N) is 1. The molecule has 1 aromatic heterocycles. The minimum atomic E-state index is -4.16. The lowest BCUT2D eigenvalue weighted by molar-refractivity contribution is 0.102. The van der Waals surface area contributed by atoms with Crippen LogP contribution in [0.2, 0.25) is 0 Å². The lowest BCUT2D eigenvalue weighted by atomic mass is 10.2. The van der Waals surface area contributed by atoms with Crippen molar-refractivity contribution >= 4 is 31.3 Å². The van der Waals surface area contributed by atoms with Crippen molar-refractivity contribution in [2.24, 2.45) is 0 Å². The quantitative estimate of drug-likeness (QED) is 0.879. The molecule has 5 nitrogen and oxygen atoms in total. The van der Waals surface area contributed by atoms with Crippen molar-refractivity contribution in [3.63, 3.8) is 0 Å². The van der Waals surface area contributed by atoms with E-state index in [2.05, 4.69) is 10.3 Å². The molecule has 1 N–H and O–H groups in total. The van der Waals surface area contributed by atoms with Crippen molar-refractivity contribution < 1.29 is 17.6 Å². The molecule has 0 saturated heterocycles. The summed E-state index contributed by atoms with van der Waals surface area (Å²) in [5.41, 5.74) is 1.14. The highest BCUT2D eigenvalue weighted by Gasteiger charge is 2.17. The zero-order valence-electron chi connectivity index (χ0n) is 10.8. The van der Waals surface area contributed by atoms with E-state index in [0.29, 0.717) is 11.3 Å². The third kappa shape index (κ3) is 3.77. The number of benzene rings is 1. The maximum atomic E-state index is 13.6. The van der Waals surface area contributed by atoms with Crippen LogP contribution in [0.25, 0.3) is 0 Å². The highest BCUT2D eigenvalue weighted by atomic mass is 35.7. The van der Waals surface area contributed by atoms with Crippen LogP contribution in [0.15, 0.2) is 41.4 Å². The Kier molecular flexibility index (Phi) is 4.24. The van der Waals surface area contributed by atoms with Gasteiger partial charge in [-0.15, -0.1) is 0 Å². The molecule has 0 unspecified atom stereocenters. The van der Waals surface area contributed by atoms with E-state index in [9.17, 15) is 17.6 Å². The highest BCUT2D eigenvalue weighted by molar-refractivity contribution is 8.13. The summed E-state index contributed by atoms with van der Waals surface area (Å²) in [5.74, 6) is -1.49. The molecule has 21 heavy (non-hydrogen) atoms. The first-order valence-electron chi connectivity index (χ1n) is 5.75. The molecule has 0 radical (unpaired) electrons. The molecule has 0 aliphatic carbocycles. The maximum Gasteiger partial charge on any atom is 0.264 e. The van der Waals surface area contributed by atoms with Crippen LogP contribution in [-0.4, -0.2) is 19.3 Å². The predicted octanol–water partition coefficient (Wildman–Crippen LogP) is 2.71. The van der Waals surface area contributed by atoms with E-state index in [1.54, 1.807) is 13.0 Å². The number of carbonyl (C=O) groups is 1. The molecule has 1 aromatic carbocycles. The van der Waals surface area contributed by atoms with Crippen molar-refractivity contribution in [2.45, 2.75) is 11.8 Å². The largest absolute Gasteiger partial charge is 0.322 e. The number of aromatic nitrogens is 1. The van der Waals surface area contributed by atoms with Crippen LogP contribution in [0, 0.1) is 12.7 Å². The van der Waals surface area contributed by atoms with Crippen LogP contribution in [0.5, 0.6) is 0 Å². The summed E-state index contributed by atoms with van der Waals surface area (Å²) in [6.07, 6.45) is 1.48. The lowest BCUT2D eigenvalue weighted by Crippen LogP contribution is -2.12. The number of pyridine rings is 1. The van der Waals surface area contributed by atoms with Gasteiger partial charge in [-0.3, -0.25) is 9.78 Å². The number of hydrogen-bond donors (Lipinski definition) is 1. The summed E-state index contributed by atoms with van der Waals surface area (Å²) in [6, 6.07) is 6.22. The Hall–Kier alpha value is -1.99. The molecular weight excluding hydrogens is 319 g/mol. The molecule has 1 heterocycles. The summed E-state index contributed by atoms with van der Waals surface area (Å²) >= 11 is 0. The van der Waals surface area contributed by atoms with Gasteiger partial charge in [0.2, 0.25) is 0 Å². The predicted molar refractivity (Wildman–Crippen MR) is 76.4 cm³/mol. The average Bonchev–Trinajstić information content (AvgIpc) is 2.37. The summed E-state index contributed by atoms with van der Waals surface area (Å²) in [5, 5.41) is 2.46. The zero-order chi connectivity index (χ0) is 15.6. The van der Waals surface area contributed by atoms with Crippen molar-refractivity contribution in [3.8, 4) is 0 Å². The lowest BCUT2D eigenvalue weighted by Gasteiger charge is -2.07. The summed E-state index contributed by atoms with van der Waals surface area (Å²) < 4.78 is 35.8. The minimum absolute atomic E-state index is 0.121. The van der Waals surface area contributed by atoms with Gasteiger partial charge in [-0.05, 0) is 37.3 Å². The van der Waals surface area contributed by atoms with Gasteiger partial charge < -0.3 is 5.32 Å². The third-order valence-electron chi connectivity index (χ3n) is 2.61. The Balaban J connectivity index is 2.25. The molecule has 2 rings (SSSR count). The average molecular weight is 329 g/mol. The first kappa shape index (κ1) is 15.4. The zero-order valence-corrected chi connectivity index (χ0v) is 12.4. The molecular formula is C13H10ClFN2O3S. The van der Waals surface area contributed by atoms with Gasteiger partial charge in [0.15, 0.2) is 0 Å². The van der Waals surface area contributed by atoms with E-state index in [-0.39, 0.29) is 5.69 Å². The number of rotatable bonds is 3. The number of aryl methyl sites for hydroxylation is 1. The topological polar surface area (TPSA) is 76.1 Å². The summed E-state index contributed by atoms with van der Waals surface area (Å²) in [4.78, 5) is 15.3. The molecule has 1 amide bonds. The fourth-order valence-electron chi connectivity index (χ4n) is 1.67. The number of halogens is 2. The van der Waals surface area contributed by atoms with E-state index in [0.717, 1.165) is 12.1 Å². The second-order valence-electron chi connectivity index (χ2n) is 4.22. The Bertz CT molecular complexity index is 809. The smallest absolute Gasteiger partial charge is 0.264 e. The van der Waals surface area contributed by atoms with Gasteiger partial charge in [0, 0.05) is 33.8 Å². The van der Waals surface area contributed by atoms with E-state index < -0.39 is 25.7 Å². The van der Waals surface area contributed by atoms with Crippen molar-refractivity contribution in [3.05, 3.63) is 53.6 Å². The molecule has 0 fully saturated rings. The number of nitrogens with one attached hydrogen (secondary N) is 1. The highest BCUT2D eigenvalue weighted by Crippen LogP contribution is 2.22. The monoisotopic (exact) mass is 328 g/mol. The van der Waals surface area contributed by atoms with Gasteiger partial charge in [0.1, 0.15) is 10.7 Å². The van der Waals surface area contributed by atoms with Crippen LogP contribution in [-0.2, 0) is 9.05 Å². The van der Waals surface area contributed by atoms with Gasteiger partial charge in [-0.25, -0.2) is 12.8 Å². The first-order valence-corrected chi connectivity index (χ1v) is 8.06. The van der Waals surface area contributed by atoms with Crippen LogP contribution in [0.1, 0.15) is 16.1 Å². The van der Waals surface area contributed by atoms with Gasteiger partial charge >= 0.3 is 0 Å². The van der Waals surface area contributed by atoms with Crippen molar-refractivity contribution in [1.82, 2.24) is 4.98 Å². The molecule has 0 aliphatic heterocycles. The molecule has 0 atom stereocenters. The van der Waals surface area contributed by atoms with Crippen LogP contribution < -0.4 is 5.32 Å². The van der Waals surface area contributed by atoms with Crippen LogP contribution in [0.4, 0.5) is 10.1 Å². The maximum absolute atomic E-state index is 13.6. The van der Waals surface area contributed by atoms with Gasteiger partial charge in [-0.2, -0.15) is 0 Å². The van der Waals surface area contributed by atoms with E-state index in [1.807, 2.05) is 0 Å². The molecule has 0 bridgehead atoms. The van der Waals surface area contributed by atoms with Crippen LogP contribution in [0.3, 0.4) is 0 Å². The van der Waals surface area contributed by atoms with E-state index >= 15 is 0 Å². The van der Waals surface area contributed by atoms with Gasteiger partial charge in [-0.1, -0.05) is 0 Å². The summed E-state index contributed by atoms with van der Waals surface area (Å²) in [7, 11) is 0.913. The van der Waals surface area contributed by atoms with Crippen molar-refractivity contribution in [1.29, 1.82) is 0 Å². The second kappa shape index (κ2) is 5.79. The van der Waals surface area contributed by atoms with Crippen LogP contribution >= 0.6 is 10.7 Å². The van der Waals surface area contributed by atoms with E-state index in [1.165, 1.54) is 18.3 Å². The molecule has 8 heteroatoms. The first-order chi connectivity index (χ1) is 9.77. The van der Waals surface area contributed by atoms with Gasteiger partial charge in [0.05, 0.1) is 0 Å². The van der Waals surface area contributed by atoms with E-state index in [4.69, 9.17) is 10.7 Å². The SMILES string of the molecule is Cc1cc(C(=O)Nc2ccc(S(=O)(=O)Cl)c(F)c2)ccn1. The number of hydrogen-bond acceptors (Lipinski definition) is 4. The Morgan fingerprint density at radius 3 is 2.57 bits per heavy atom. The number of anilines is 1. The molecule has 2 aromatic rings. The Morgan fingerprint density at radius 2 is 2.00 bits per heavy atom. The Morgan fingerprint density at radius 1 is 1.29 bits per heavy atom. The molecule has 0 aliphatic rings. The second-order valence-corrected chi connectivity index (χ2v) is 6.76. The summed E-state index contributed by atoms with van der Waals surface area (Å²) in [6.45, 7) is 1.73. The van der Waals surface area contributed by atoms with Gasteiger partial charge in [0.25, 0.3) is 15.0 Å². The fraction of sp³-hybridized carbons (Fsp3) is 0.0769. The third-order valence-corrected chi connectivity index (χ3v) is 3.97. The van der Waals surface area contributed by atoms with Crippen molar-refractivity contribution in [2.75, 3.05) is 5.32 Å².